The lowest BCUT2D eigenvalue weighted by Crippen LogP contribution is -2.20. The Morgan fingerprint density at radius 2 is 2.08 bits per heavy atom. The number of benzene rings is 1. The largest absolute Gasteiger partial charge is 0.497 e. The first-order chi connectivity index (χ1) is 12.0. The minimum atomic E-state index is -0.659. The molecule has 0 spiro atoms. The molecule has 8 heteroatoms. The summed E-state index contributed by atoms with van der Waals surface area (Å²) in [6, 6.07) is 8.57. The highest BCUT2D eigenvalue weighted by Crippen LogP contribution is 2.22. The molecule has 1 aromatic carbocycles. The van der Waals surface area contributed by atoms with Gasteiger partial charge < -0.3 is 14.8 Å². The zero-order valence-corrected chi connectivity index (χ0v) is 14.7. The van der Waals surface area contributed by atoms with E-state index in [4.69, 9.17) is 32.7 Å². The zero-order valence-electron chi connectivity index (χ0n) is 13.2. The summed E-state index contributed by atoms with van der Waals surface area (Å²) in [6.07, 6.45) is 4.11. The van der Waals surface area contributed by atoms with Crippen molar-refractivity contribution in [2.24, 2.45) is 0 Å². The molecule has 0 atom stereocenters. The van der Waals surface area contributed by atoms with Gasteiger partial charge in [0.15, 0.2) is 12.4 Å². The Balaban J connectivity index is 1.84. The number of rotatable bonds is 6. The predicted octanol–water partition coefficient (Wildman–Crippen LogP) is 3.59. The number of methoxy groups -OCH3 is 1. The van der Waals surface area contributed by atoms with Crippen molar-refractivity contribution in [3.05, 3.63) is 58.2 Å². The SMILES string of the molecule is COc1cccc(C=CC(=O)OCC(=O)Nc2ncc(Cl)cc2Cl)c1. The third-order valence-corrected chi connectivity index (χ3v) is 3.41. The van der Waals surface area contributed by atoms with E-state index in [1.807, 2.05) is 0 Å². The van der Waals surface area contributed by atoms with Gasteiger partial charge in [0.1, 0.15) is 5.75 Å². The molecule has 25 heavy (non-hydrogen) atoms. The number of anilines is 1. The van der Waals surface area contributed by atoms with Crippen LogP contribution in [0.1, 0.15) is 5.56 Å². The number of carbonyl (C=O) groups excluding carboxylic acids is 2. The topological polar surface area (TPSA) is 77.5 Å². The van der Waals surface area contributed by atoms with Gasteiger partial charge in [-0.3, -0.25) is 4.79 Å². The van der Waals surface area contributed by atoms with Crippen molar-refractivity contribution in [2.45, 2.75) is 0 Å². The third-order valence-electron chi connectivity index (χ3n) is 2.92. The number of ether oxygens (including phenoxy) is 2. The van der Waals surface area contributed by atoms with Gasteiger partial charge in [0.25, 0.3) is 5.91 Å². The summed E-state index contributed by atoms with van der Waals surface area (Å²) in [4.78, 5) is 27.3. The molecule has 0 saturated carbocycles. The summed E-state index contributed by atoms with van der Waals surface area (Å²) in [5.41, 5.74) is 0.762. The lowest BCUT2D eigenvalue weighted by Gasteiger charge is -2.06. The van der Waals surface area contributed by atoms with Gasteiger partial charge in [-0.15, -0.1) is 0 Å². The second-order valence-electron chi connectivity index (χ2n) is 4.75. The van der Waals surface area contributed by atoms with E-state index in [0.717, 1.165) is 5.56 Å². The quantitative estimate of drug-likeness (QED) is 0.611. The van der Waals surface area contributed by atoms with E-state index in [1.165, 1.54) is 18.3 Å². The summed E-state index contributed by atoms with van der Waals surface area (Å²) < 4.78 is 9.94. The molecule has 0 bridgehead atoms. The number of esters is 1. The fourth-order valence-corrected chi connectivity index (χ4v) is 2.20. The smallest absolute Gasteiger partial charge is 0.331 e. The molecule has 1 heterocycles. The van der Waals surface area contributed by atoms with E-state index < -0.39 is 18.5 Å². The monoisotopic (exact) mass is 380 g/mol. The number of nitrogens with zero attached hydrogens (tertiary/aromatic N) is 1. The van der Waals surface area contributed by atoms with Crippen LogP contribution in [0.3, 0.4) is 0 Å². The Morgan fingerprint density at radius 3 is 2.80 bits per heavy atom. The fraction of sp³-hybridized carbons (Fsp3) is 0.118. The minimum Gasteiger partial charge on any atom is -0.497 e. The second-order valence-corrected chi connectivity index (χ2v) is 5.59. The Kier molecular flexibility index (Phi) is 6.80. The standard InChI is InChI=1S/C17H14Cl2N2O4/c1-24-13-4-2-3-11(7-13)5-6-16(23)25-10-15(22)21-17-14(19)8-12(18)9-20-17/h2-9H,10H2,1H3,(H,20,21,22). The lowest BCUT2D eigenvalue weighted by molar-refractivity contribution is -0.142. The second kappa shape index (κ2) is 9.05. The maximum atomic E-state index is 11.8. The predicted molar refractivity (Wildman–Crippen MR) is 95.9 cm³/mol. The van der Waals surface area contributed by atoms with Crippen LogP contribution in [-0.4, -0.2) is 30.6 Å². The summed E-state index contributed by atoms with van der Waals surface area (Å²) in [5, 5.41) is 2.95. The van der Waals surface area contributed by atoms with Crippen LogP contribution in [0.25, 0.3) is 6.08 Å². The van der Waals surface area contributed by atoms with Crippen molar-refractivity contribution in [3.8, 4) is 5.75 Å². The number of hydrogen-bond donors (Lipinski definition) is 1. The minimum absolute atomic E-state index is 0.138. The van der Waals surface area contributed by atoms with Crippen LogP contribution in [0, 0.1) is 0 Å². The third kappa shape index (κ3) is 6.10. The number of halogens is 2. The molecule has 130 valence electrons. The molecule has 0 unspecified atom stereocenters. The first-order valence-corrected chi connectivity index (χ1v) is 7.83. The van der Waals surface area contributed by atoms with E-state index in [1.54, 1.807) is 37.5 Å². The number of hydrogen-bond acceptors (Lipinski definition) is 5. The van der Waals surface area contributed by atoms with Crippen LogP contribution >= 0.6 is 23.2 Å². The van der Waals surface area contributed by atoms with Gasteiger partial charge in [-0.1, -0.05) is 35.3 Å². The first kappa shape index (κ1) is 18.8. The van der Waals surface area contributed by atoms with Crippen molar-refractivity contribution in [1.29, 1.82) is 0 Å². The number of carbonyl (C=O) groups is 2. The maximum Gasteiger partial charge on any atom is 0.331 e. The van der Waals surface area contributed by atoms with E-state index in [9.17, 15) is 9.59 Å². The molecule has 0 radical (unpaired) electrons. The van der Waals surface area contributed by atoms with Gasteiger partial charge in [0.05, 0.1) is 17.2 Å². The highest BCUT2D eigenvalue weighted by molar-refractivity contribution is 6.36. The molecule has 2 rings (SSSR count). The van der Waals surface area contributed by atoms with Crippen LogP contribution in [0.4, 0.5) is 5.82 Å². The van der Waals surface area contributed by atoms with Crippen molar-refractivity contribution >= 4 is 47.0 Å². The molecule has 0 aliphatic rings. The summed E-state index contributed by atoms with van der Waals surface area (Å²) >= 11 is 11.6. The number of amides is 1. The number of aromatic nitrogens is 1. The fourth-order valence-electron chi connectivity index (χ4n) is 1.77. The van der Waals surface area contributed by atoms with Gasteiger partial charge in [-0.2, -0.15) is 0 Å². The highest BCUT2D eigenvalue weighted by atomic mass is 35.5. The van der Waals surface area contributed by atoms with Crippen LogP contribution in [0.2, 0.25) is 10.0 Å². The molecular weight excluding hydrogens is 367 g/mol. The van der Waals surface area contributed by atoms with Gasteiger partial charge in [-0.25, -0.2) is 9.78 Å². The van der Waals surface area contributed by atoms with Crippen LogP contribution < -0.4 is 10.1 Å². The molecule has 0 saturated heterocycles. The van der Waals surface area contributed by atoms with Crippen molar-refractivity contribution in [3.63, 3.8) is 0 Å². The molecule has 1 N–H and O–H groups in total. The number of nitrogens with one attached hydrogen (secondary N) is 1. The molecule has 0 aliphatic carbocycles. The normalized spacial score (nSPS) is 10.5. The van der Waals surface area contributed by atoms with Gasteiger partial charge in [0, 0.05) is 12.3 Å². The average molecular weight is 381 g/mol. The molecule has 0 fully saturated rings. The van der Waals surface area contributed by atoms with Crippen molar-refractivity contribution in [2.75, 3.05) is 19.0 Å². The lowest BCUT2D eigenvalue weighted by atomic mass is 10.2. The summed E-state index contributed by atoms with van der Waals surface area (Å²) in [6.45, 7) is -0.470. The first-order valence-electron chi connectivity index (χ1n) is 7.07. The van der Waals surface area contributed by atoms with E-state index in [-0.39, 0.29) is 10.8 Å². The van der Waals surface area contributed by atoms with Crippen LogP contribution in [0.5, 0.6) is 5.75 Å². The molecule has 6 nitrogen and oxygen atoms in total. The van der Waals surface area contributed by atoms with E-state index in [0.29, 0.717) is 10.8 Å². The Hall–Kier alpha value is -2.57. The average Bonchev–Trinajstić information content (AvgIpc) is 2.60. The number of pyridine rings is 1. The van der Waals surface area contributed by atoms with Crippen molar-refractivity contribution in [1.82, 2.24) is 4.98 Å². The Labute approximate surface area is 154 Å². The van der Waals surface area contributed by atoms with Crippen LogP contribution in [-0.2, 0) is 14.3 Å². The van der Waals surface area contributed by atoms with E-state index in [2.05, 4.69) is 10.3 Å². The molecule has 2 aromatic rings. The molecular formula is C17H14Cl2N2O4. The Bertz CT molecular complexity index is 809. The van der Waals surface area contributed by atoms with Crippen LogP contribution in [0.15, 0.2) is 42.6 Å². The summed E-state index contributed by atoms with van der Waals surface area (Å²) in [5.74, 6) is -0.422. The van der Waals surface area contributed by atoms with Gasteiger partial charge in [-0.05, 0) is 29.8 Å². The molecule has 1 amide bonds. The zero-order chi connectivity index (χ0) is 18.2. The molecule has 0 aliphatic heterocycles. The molecule has 1 aromatic heterocycles. The summed E-state index contributed by atoms with van der Waals surface area (Å²) in [7, 11) is 1.55. The highest BCUT2D eigenvalue weighted by Gasteiger charge is 2.09. The van der Waals surface area contributed by atoms with E-state index >= 15 is 0 Å². The van der Waals surface area contributed by atoms with Gasteiger partial charge >= 0.3 is 5.97 Å². The van der Waals surface area contributed by atoms with Gasteiger partial charge in [0.2, 0.25) is 0 Å². The Morgan fingerprint density at radius 1 is 1.28 bits per heavy atom. The van der Waals surface area contributed by atoms with Crippen molar-refractivity contribution < 1.29 is 19.1 Å². The maximum absolute atomic E-state index is 11.8.